The summed E-state index contributed by atoms with van der Waals surface area (Å²) in [6.07, 6.45) is 8.65. The number of benzene rings is 1. The molecule has 0 bridgehead atoms. The summed E-state index contributed by atoms with van der Waals surface area (Å²) in [7, 11) is 0. The summed E-state index contributed by atoms with van der Waals surface area (Å²) in [6, 6.07) is 5.81. The van der Waals surface area contributed by atoms with E-state index < -0.39 is 0 Å². The van der Waals surface area contributed by atoms with E-state index in [1.807, 2.05) is 24.4 Å². The molecule has 0 aliphatic heterocycles. The number of rotatable bonds is 2. The molecule has 0 radical (unpaired) electrons. The van der Waals surface area contributed by atoms with Crippen molar-refractivity contribution in [1.82, 2.24) is 15.0 Å². The van der Waals surface area contributed by atoms with E-state index in [1.165, 1.54) is 0 Å². The highest BCUT2D eigenvalue weighted by Crippen LogP contribution is 2.33. The number of nitrogen functional groups attached to an aromatic ring is 1. The highest BCUT2D eigenvalue weighted by Gasteiger charge is 2.06. The molecule has 2 N–H and O–H groups in total. The molecule has 0 unspecified atom stereocenters. The van der Waals surface area contributed by atoms with Crippen molar-refractivity contribution >= 4 is 28.2 Å². The lowest BCUT2D eigenvalue weighted by Gasteiger charge is -2.07. The lowest BCUT2D eigenvalue weighted by molar-refractivity contribution is 1.06. The highest BCUT2D eigenvalue weighted by molar-refractivity contribution is 7.99. The van der Waals surface area contributed by atoms with E-state index in [0.29, 0.717) is 0 Å². The van der Waals surface area contributed by atoms with Gasteiger partial charge in [-0.3, -0.25) is 9.97 Å². The van der Waals surface area contributed by atoms with Crippen LogP contribution < -0.4 is 5.73 Å². The maximum absolute atomic E-state index is 5.95. The van der Waals surface area contributed by atoms with Crippen molar-refractivity contribution in [3.05, 3.63) is 49.2 Å². The molecule has 4 nitrogen and oxygen atoms in total. The van der Waals surface area contributed by atoms with Gasteiger partial charge in [0.1, 0.15) is 5.03 Å². The van der Waals surface area contributed by atoms with Crippen molar-refractivity contribution in [2.45, 2.75) is 9.92 Å². The molecule has 0 fully saturated rings. The van der Waals surface area contributed by atoms with Gasteiger partial charge >= 0.3 is 0 Å². The van der Waals surface area contributed by atoms with Gasteiger partial charge in [0.15, 0.2) is 0 Å². The molecular weight excluding hydrogens is 244 g/mol. The fraction of sp³-hybridized carbons (Fsp3) is 0. The zero-order valence-corrected chi connectivity index (χ0v) is 10.3. The average molecular weight is 254 g/mol. The van der Waals surface area contributed by atoms with Gasteiger partial charge in [-0.05, 0) is 18.2 Å². The fourth-order valence-electron chi connectivity index (χ4n) is 1.73. The van der Waals surface area contributed by atoms with Gasteiger partial charge in [-0.2, -0.15) is 0 Å². The first-order valence-corrected chi connectivity index (χ1v) is 6.22. The van der Waals surface area contributed by atoms with Crippen LogP contribution in [0.3, 0.4) is 0 Å². The van der Waals surface area contributed by atoms with Crippen LogP contribution in [0.15, 0.2) is 59.1 Å². The molecule has 0 amide bonds. The van der Waals surface area contributed by atoms with Gasteiger partial charge in [-0.25, -0.2) is 4.98 Å². The molecule has 2 aromatic heterocycles. The molecule has 0 spiro atoms. The predicted molar refractivity (Wildman–Crippen MR) is 72.3 cm³/mol. The summed E-state index contributed by atoms with van der Waals surface area (Å²) in [4.78, 5) is 13.5. The van der Waals surface area contributed by atoms with Gasteiger partial charge in [-0.15, -0.1) is 0 Å². The number of nitrogens with two attached hydrogens (primary N) is 1. The standard InChI is InChI=1S/C13H10N4S/c14-11-1-2-12(10-7-15-4-3-9(10)11)18-13-8-16-5-6-17-13/h1-8H,14H2. The number of pyridine rings is 1. The topological polar surface area (TPSA) is 64.7 Å². The summed E-state index contributed by atoms with van der Waals surface area (Å²) in [5.74, 6) is 0. The normalized spacial score (nSPS) is 10.7. The van der Waals surface area contributed by atoms with E-state index in [2.05, 4.69) is 15.0 Å². The molecule has 88 valence electrons. The molecule has 5 heteroatoms. The Morgan fingerprint density at radius 2 is 1.78 bits per heavy atom. The highest BCUT2D eigenvalue weighted by atomic mass is 32.2. The first-order valence-electron chi connectivity index (χ1n) is 5.40. The zero-order chi connectivity index (χ0) is 12.4. The molecule has 1 aromatic carbocycles. The van der Waals surface area contributed by atoms with Crippen LogP contribution in [0.25, 0.3) is 10.8 Å². The fourth-order valence-corrected chi connectivity index (χ4v) is 2.59. The predicted octanol–water partition coefficient (Wildman–Crippen LogP) is 2.76. The van der Waals surface area contributed by atoms with E-state index in [0.717, 1.165) is 26.4 Å². The van der Waals surface area contributed by atoms with Crippen molar-refractivity contribution < 1.29 is 0 Å². The minimum atomic E-state index is 0.760. The van der Waals surface area contributed by atoms with Crippen molar-refractivity contribution in [2.75, 3.05) is 5.73 Å². The van der Waals surface area contributed by atoms with Crippen LogP contribution in [-0.4, -0.2) is 15.0 Å². The largest absolute Gasteiger partial charge is 0.398 e. The second kappa shape index (κ2) is 4.62. The van der Waals surface area contributed by atoms with Gasteiger partial charge in [-0.1, -0.05) is 11.8 Å². The minimum absolute atomic E-state index is 0.760. The lowest BCUT2D eigenvalue weighted by Crippen LogP contribution is -1.89. The number of hydrogen-bond acceptors (Lipinski definition) is 5. The Labute approximate surface area is 108 Å². The quantitative estimate of drug-likeness (QED) is 0.712. The van der Waals surface area contributed by atoms with E-state index >= 15 is 0 Å². The summed E-state index contributed by atoms with van der Waals surface area (Å²) < 4.78 is 0. The number of hydrogen-bond donors (Lipinski definition) is 1. The molecule has 0 aliphatic rings. The summed E-state index contributed by atoms with van der Waals surface area (Å²) >= 11 is 1.56. The van der Waals surface area contributed by atoms with E-state index in [9.17, 15) is 0 Å². The second-order valence-electron chi connectivity index (χ2n) is 3.72. The van der Waals surface area contributed by atoms with Crippen LogP contribution in [0.1, 0.15) is 0 Å². The van der Waals surface area contributed by atoms with E-state index in [4.69, 9.17) is 5.73 Å². The van der Waals surface area contributed by atoms with Crippen LogP contribution in [-0.2, 0) is 0 Å². The van der Waals surface area contributed by atoms with Crippen LogP contribution in [0, 0.1) is 0 Å². The lowest BCUT2D eigenvalue weighted by atomic mass is 10.1. The van der Waals surface area contributed by atoms with Gasteiger partial charge in [0.05, 0.1) is 6.20 Å². The molecule has 3 aromatic rings. The van der Waals surface area contributed by atoms with Crippen molar-refractivity contribution in [3.8, 4) is 0 Å². The van der Waals surface area contributed by atoms with Gasteiger partial charge in [0.25, 0.3) is 0 Å². The summed E-state index contributed by atoms with van der Waals surface area (Å²) in [6.45, 7) is 0. The maximum Gasteiger partial charge on any atom is 0.119 e. The average Bonchev–Trinajstić information content (AvgIpc) is 2.44. The molecule has 0 atom stereocenters. The third kappa shape index (κ3) is 2.00. The molecule has 0 aliphatic carbocycles. The Bertz CT molecular complexity index is 685. The molecule has 0 saturated carbocycles. The number of fused-ring (bicyclic) bond motifs is 1. The second-order valence-corrected chi connectivity index (χ2v) is 4.78. The molecule has 0 saturated heterocycles. The smallest absolute Gasteiger partial charge is 0.119 e. The van der Waals surface area contributed by atoms with Crippen LogP contribution in [0.2, 0.25) is 0 Å². The van der Waals surface area contributed by atoms with Gasteiger partial charge < -0.3 is 5.73 Å². The Kier molecular flexibility index (Phi) is 2.82. The van der Waals surface area contributed by atoms with E-state index in [-0.39, 0.29) is 0 Å². The minimum Gasteiger partial charge on any atom is -0.398 e. The van der Waals surface area contributed by atoms with Crippen LogP contribution >= 0.6 is 11.8 Å². The number of nitrogens with zero attached hydrogens (tertiary/aromatic N) is 3. The third-order valence-electron chi connectivity index (χ3n) is 2.57. The van der Waals surface area contributed by atoms with Gasteiger partial charge in [0.2, 0.25) is 0 Å². The first kappa shape index (κ1) is 11.0. The maximum atomic E-state index is 5.95. The molecule has 18 heavy (non-hydrogen) atoms. The molecule has 3 rings (SSSR count). The SMILES string of the molecule is Nc1ccc(Sc2cnccn2)c2cnccc12. The molecule has 2 heterocycles. The Morgan fingerprint density at radius 3 is 2.61 bits per heavy atom. The van der Waals surface area contributed by atoms with Gasteiger partial charge in [0, 0.05) is 46.1 Å². The Balaban J connectivity index is 2.10. The zero-order valence-electron chi connectivity index (χ0n) is 9.45. The summed E-state index contributed by atoms with van der Waals surface area (Å²) in [5, 5.41) is 2.90. The Morgan fingerprint density at radius 1 is 0.889 bits per heavy atom. The Hall–Kier alpha value is -2.14. The number of anilines is 1. The van der Waals surface area contributed by atoms with Crippen molar-refractivity contribution in [2.24, 2.45) is 0 Å². The first-order chi connectivity index (χ1) is 8.84. The third-order valence-corrected chi connectivity index (χ3v) is 3.56. The monoisotopic (exact) mass is 254 g/mol. The number of aromatic nitrogens is 3. The summed E-state index contributed by atoms with van der Waals surface area (Å²) in [5.41, 5.74) is 6.71. The molecular formula is C13H10N4S. The van der Waals surface area contributed by atoms with Crippen molar-refractivity contribution in [1.29, 1.82) is 0 Å². The van der Waals surface area contributed by atoms with Crippen LogP contribution in [0.5, 0.6) is 0 Å². The van der Waals surface area contributed by atoms with Crippen molar-refractivity contribution in [3.63, 3.8) is 0 Å². The van der Waals surface area contributed by atoms with Crippen LogP contribution in [0.4, 0.5) is 5.69 Å². The van der Waals surface area contributed by atoms with E-state index in [1.54, 1.807) is 36.5 Å².